The predicted molar refractivity (Wildman–Crippen MR) is 101 cm³/mol. The number of fused-ring (bicyclic) bond motifs is 2. The summed E-state index contributed by atoms with van der Waals surface area (Å²) in [6, 6.07) is 11.7. The van der Waals surface area contributed by atoms with Gasteiger partial charge in [0, 0.05) is 19.1 Å². The molecule has 2 fully saturated rings. The van der Waals surface area contributed by atoms with E-state index in [4.69, 9.17) is 0 Å². The van der Waals surface area contributed by atoms with Crippen LogP contribution in [-0.2, 0) is 6.54 Å². The van der Waals surface area contributed by atoms with E-state index in [1.54, 1.807) is 0 Å². The lowest BCUT2D eigenvalue weighted by atomic mass is 9.92. The van der Waals surface area contributed by atoms with Crippen LogP contribution in [0.1, 0.15) is 38.2 Å². The van der Waals surface area contributed by atoms with Gasteiger partial charge < -0.3 is 4.90 Å². The van der Waals surface area contributed by atoms with Gasteiger partial charge in [0.2, 0.25) is 0 Å². The molecule has 1 saturated carbocycles. The number of piperidine rings is 1. The quantitative estimate of drug-likeness (QED) is 0.724. The Labute approximate surface area is 147 Å². The monoisotopic (exact) mass is 324 g/mol. The maximum absolute atomic E-state index is 2.76. The summed E-state index contributed by atoms with van der Waals surface area (Å²) >= 11 is 0. The second kappa shape index (κ2) is 7.41. The van der Waals surface area contributed by atoms with Gasteiger partial charge in [-0.15, -0.1) is 0 Å². The molecule has 2 aliphatic carbocycles. The molecule has 1 heterocycles. The van der Waals surface area contributed by atoms with E-state index in [2.05, 4.69) is 59.2 Å². The molecule has 0 spiro atoms. The predicted octanol–water partition coefficient (Wildman–Crippen LogP) is 4.19. The standard InChI is InChI=1S/C22H32N2/c1-2-24(16-18-6-4-3-5-7-18)22-10-12-23(13-11-22)17-21-15-19-8-9-20(21)14-19/h3-9,19-22H,2,10-17H2,1H3. The van der Waals surface area contributed by atoms with Gasteiger partial charge >= 0.3 is 0 Å². The van der Waals surface area contributed by atoms with E-state index in [-0.39, 0.29) is 0 Å². The van der Waals surface area contributed by atoms with Crippen molar-refractivity contribution in [2.45, 2.75) is 45.2 Å². The van der Waals surface area contributed by atoms with E-state index >= 15 is 0 Å². The Bertz CT molecular complexity index is 544. The number of likely N-dealkylation sites (tertiary alicyclic amines) is 1. The summed E-state index contributed by atoms with van der Waals surface area (Å²) < 4.78 is 0. The van der Waals surface area contributed by atoms with Gasteiger partial charge in [-0.05, 0) is 68.6 Å². The summed E-state index contributed by atoms with van der Waals surface area (Å²) in [6.07, 6.45) is 10.6. The summed E-state index contributed by atoms with van der Waals surface area (Å²) in [5.74, 6) is 2.76. The molecule has 1 aliphatic heterocycles. The number of rotatable bonds is 6. The topological polar surface area (TPSA) is 6.48 Å². The van der Waals surface area contributed by atoms with Crippen molar-refractivity contribution in [2.24, 2.45) is 17.8 Å². The van der Waals surface area contributed by atoms with Crippen molar-refractivity contribution in [3.63, 3.8) is 0 Å². The van der Waals surface area contributed by atoms with E-state index in [9.17, 15) is 0 Å². The molecule has 3 aliphatic rings. The van der Waals surface area contributed by atoms with Crippen molar-refractivity contribution >= 4 is 0 Å². The van der Waals surface area contributed by atoms with Gasteiger partial charge in [0.15, 0.2) is 0 Å². The maximum atomic E-state index is 2.76. The van der Waals surface area contributed by atoms with Gasteiger partial charge in [-0.3, -0.25) is 4.90 Å². The van der Waals surface area contributed by atoms with Gasteiger partial charge in [-0.1, -0.05) is 49.4 Å². The van der Waals surface area contributed by atoms with Crippen LogP contribution in [0.25, 0.3) is 0 Å². The third-order valence-electron chi connectivity index (χ3n) is 6.62. The molecule has 24 heavy (non-hydrogen) atoms. The van der Waals surface area contributed by atoms with E-state index < -0.39 is 0 Å². The molecule has 2 nitrogen and oxygen atoms in total. The zero-order valence-electron chi connectivity index (χ0n) is 15.1. The van der Waals surface area contributed by atoms with Crippen molar-refractivity contribution < 1.29 is 0 Å². The van der Waals surface area contributed by atoms with Crippen LogP contribution in [0, 0.1) is 17.8 Å². The van der Waals surface area contributed by atoms with Crippen LogP contribution in [0.4, 0.5) is 0 Å². The summed E-state index contributed by atoms with van der Waals surface area (Å²) in [5.41, 5.74) is 1.45. The van der Waals surface area contributed by atoms with E-state index in [1.165, 1.54) is 50.9 Å². The number of benzene rings is 1. The maximum Gasteiger partial charge on any atom is 0.0236 e. The van der Waals surface area contributed by atoms with E-state index in [1.807, 2.05) is 0 Å². The summed E-state index contributed by atoms with van der Waals surface area (Å²) in [4.78, 5) is 5.44. The number of hydrogen-bond acceptors (Lipinski definition) is 2. The minimum absolute atomic E-state index is 0.770. The van der Waals surface area contributed by atoms with Crippen LogP contribution >= 0.6 is 0 Å². The van der Waals surface area contributed by atoms with Gasteiger partial charge in [0.1, 0.15) is 0 Å². The van der Waals surface area contributed by atoms with Crippen molar-refractivity contribution in [3.05, 3.63) is 48.0 Å². The molecule has 0 N–H and O–H groups in total. The molecule has 1 aromatic rings. The highest BCUT2D eigenvalue weighted by Gasteiger charge is 2.37. The Morgan fingerprint density at radius 1 is 1.04 bits per heavy atom. The number of nitrogens with zero attached hydrogens (tertiary/aromatic N) is 2. The lowest BCUT2D eigenvalue weighted by molar-refractivity contribution is 0.0946. The zero-order chi connectivity index (χ0) is 16.4. The molecular formula is C22H32N2. The van der Waals surface area contributed by atoms with Gasteiger partial charge in [-0.2, -0.15) is 0 Å². The lowest BCUT2D eigenvalue weighted by Crippen LogP contribution is -2.46. The Balaban J connectivity index is 1.26. The molecule has 3 atom stereocenters. The average Bonchev–Trinajstić information content (AvgIpc) is 3.24. The Kier molecular flexibility index (Phi) is 5.05. The molecule has 3 unspecified atom stereocenters. The molecule has 130 valence electrons. The van der Waals surface area contributed by atoms with Crippen LogP contribution < -0.4 is 0 Å². The highest BCUT2D eigenvalue weighted by molar-refractivity contribution is 5.14. The second-order valence-corrected chi connectivity index (χ2v) is 8.12. The van der Waals surface area contributed by atoms with Crippen LogP contribution in [0.3, 0.4) is 0 Å². The summed E-state index contributed by atoms with van der Waals surface area (Å²) in [7, 11) is 0. The van der Waals surface area contributed by atoms with Crippen LogP contribution in [0.5, 0.6) is 0 Å². The first kappa shape index (κ1) is 16.4. The normalized spacial score (nSPS) is 30.5. The molecule has 1 saturated heterocycles. The Hall–Kier alpha value is -1.12. The van der Waals surface area contributed by atoms with E-state index in [0.29, 0.717) is 0 Å². The van der Waals surface area contributed by atoms with Gasteiger partial charge in [0.25, 0.3) is 0 Å². The third-order valence-corrected chi connectivity index (χ3v) is 6.62. The van der Waals surface area contributed by atoms with Crippen LogP contribution in [0.2, 0.25) is 0 Å². The average molecular weight is 325 g/mol. The highest BCUT2D eigenvalue weighted by atomic mass is 15.2. The SMILES string of the molecule is CCN(Cc1ccccc1)C1CCN(CC2CC3C=CC2C3)CC1. The number of hydrogen-bond donors (Lipinski definition) is 0. The van der Waals surface area contributed by atoms with Crippen molar-refractivity contribution in [3.8, 4) is 0 Å². The molecule has 2 bridgehead atoms. The van der Waals surface area contributed by atoms with Crippen molar-refractivity contribution in [2.75, 3.05) is 26.2 Å². The fraction of sp³-hybridized carbons (Fsp3) is 0.636. The largest absolute Gasteiger partial charge is 0.303 e. The minimum atomic E-state index is 0.770. The Morgan fingerprint density at radius 3 is 2.46 bits per heavy atom. The molecular weight excluding hydrogens is 292 g/mol. The number of allylic oxidation sites excluding steroid dienone is 2. The molecule has 0 aromatic heterocycles. The zero-order valence-corrected chi connectivity index (χ0v) is 15.1. The first-order valence-electron chi connectivity index (χ1n) is 10.0. The fourth-order valence-electron chi connectivity index (χ4n) is 5.22. The smallest absolute Gasteiger partial charge is 0.0236 e. The summed E-state index contributed by atoms with van der Waals surface area (Å²) in [5, 5.41) is 0. The van der Waals surface area contributed by atoms with Crippen molar-refractivity contribution in [1.29, 1.82) is 0 Å². The first-order valence-corrected chi connectivity index (χ1v) is 10.0. The second-order valence-electron chi connectivity index (χ2n) is 8.12. The fourth-order valence-corrected chi connectivity index (χ4v) is 5.22. The highest BCUT2D eigenvalue weighted by Crippen LogP contribution is 2.43. The molecule has 2 heteroatoms. The van der Waals surface area contributed by atoms with Crippen LogP contribution in [0.15, 0.2) is 42.5 Å². The molecule has 4 rings (SSSR count). The van der Waals surface area contributed by atoms with Crippen LogP contribution in [-0.4, -0.2) is 42.0 Å². The van der Waals surface area contributed by atoms with E-state index in [0.717, 1.165) is 36.9 Å². The van der Waals surface area contributed by atoms with Crippen molar-refractivity contribution in [1.82, 2.24) is 9.80 Å². The summed E-state index contributed by atoms with van der Waals surface area (Å²) in [6.45, 7) is 8.54. The van der Waals surface area contributed by atoms with Gasteiger partial charge in [-0.25, -0.2) is 0 Å². The Morgan fingerprint density at radius 2 is 1.83 bits per heavy atom. The van der Waals surface area contributed by atoms with Gasteiger partial charge in [0.05, 0.1) is 0 Å². The molecule has 0 radical (unpaired) electrons. The first-order chi connectivity index (χ1) is 11.8. The lowest BCUT2D eigenvalue weighted by Gasteiger charge is -2.39. The molecule has 1 aromatic carbocycles. The minimum Gasteiger partial charge on any atom is -0.303 e. The third kappa shape index (κ3) is 3.60. The molecule has 0 amide bonds.